The van der Waals surface area contributed by atoms with E-state index in [0.29, 0.717) is 17.1 Å². The lowest BCUT2D eigenvalue weighted by Crippen LogP contribution is -2.45. The molecule has 0 fully saturated rings. The third kappa shape index (κ3) is 2.97. The Bertz CT molecular complexity index is 593. The first-order valence-corrected chi connectivity index (χ1v) is 7.84. The molecule has 6 heteroatoms. The summed E-state index contributed by atoms with van der Waals surface area (Å²) < 4.78 is 32.5. The molecule has 0 spiro atoms. The van der Waals surface area contributed by atoms with E-state index in [1.165, 1.54) is 4.31 Å². The minimum absolute atomic E-state index is 0.0641. The molecule has 1 rings (SSSR count). The van der Waals surface area contributed by atoms with E-state index < -0.39 is 15.6 Å². The summed E-state index contributed by atoms with van der Waals surface area (Å²) in [4.78, 5) is 0.0641. The number of hydrogen-bond donors (Lipinski definition) is 1. The van der Waals surface area contributed by atoms with Crippen molar-refractivity contribution >= 4 is 10.0 Å². The van der Waals surface area contributed by atoms with Gasteiger partial charge in [0.05, 0.1) is 6.61 Å². The average Bonchev–Trinajstić information content (AvgIpc) is 2.59. The molecule has 0 aliphatic rings. The third-order valence-corrected chi connectivity index (χ3v) is 5.40. The van der Waals surface area contributed by atoms with Gasteiger partial charge in [0.25, 0.3) is 0 Å². The first-order valence-electron chi connectivity index (χ1n) is 6.40. The van der Waals surface area contributed by atoms with Crippen molar-refractivity contribution in [2.24, 2.45) is 0 Å². The standard InChI is InChI=1S/C14H23NO4S/c1-7-8-15(14(4,5)6)20(17,18)13-11(3)19-10(2)12(13)9-16/h7,16H,1,8-9H2,2-6H3. The first-order chi connectivity index (χ1) is 9.07. The van der Waals surface area contributed by atoms with Crippen LogP contribution >= 0.6 is 0 Å². The molecule has 1 aromatic rings. The Balaban J connectivity index is 3.53. The third-order valence-electron chi connectivity index (χ3n) is 3.07. The summed E-state index contributed by atoms with van der Waals surface area (Å²) in [7, 11) is -3.77. The Kier molecular flexibility index (Phi) is 4.84. The normalized spacial score (nSPS) is 12.9. The molecule has 0 radical (unpaired) electrons. The fourth-order valence-electron chi connectivity index (χ4n) is 2.19. The highest BCUT2D eigenvalue weighted by atomic mass is 32.2. The maximum absolute atomic E-state index is 12.9. The molecule has 1 N–H and O–H groups in total. The van der Waals surface area contributed by atoms with Gasteiger partial charge >= 0.3 is 0 Å². The van der Waals surface area contributed by atoms with Gasteiger partial charge in [-0.25, -0.2) is 8.42 Å². The van der Waals surface area contributed by atoms with Gasteiger partial charge in [0, 0.05) is 17.6 Å². The molecule has 20 heavy (non-hydrogen) atoms. The number of aliphatic hydroxyl groups excluding tert-OH is 1. The SMILES string of the molecule is C=CCN(C(C)(C)C)S(=O)(=O)c1c(C)oc(C)c1CO. The monoisotopic (exact) mass is 301 g/mol. The van der Waals surface area contributed by atoms with Crippen LogP contribution in [-0.4, -0.2) is 29.9 Å². The number of aryl methyl sites for hydroxylation is 2. The van der Waals surface area contributed by atoms with Crippen molar-refractivity contribution in [1.82, 2.24) is 4.31 Å². The highest BCUT2D eigenvalue weighted by Gasteiger charge is 2.37. The second-order valence-electron chi connectivity index (χ2n) is 5.68. The van der Waals surface area contributed by atoms with E-state index in [-0.39, 0.29) is 18.0 Å². The van der Waals surface area contributed by atoms with Gasteiger partial charge in [0.1, 0.15) is 16.4 Å². The van der Waals surface area contributed by atoms with E-state index in [0.717, 1.165) is 0 Å². The molecule has 1 aromatic heterocycles. The molecule has 0 aliphatic heterocycles. The predicted molar refractivity (Wildman–Crippen MR) is 77.9 cm³/mol. The second kappa shape index (κ2) is 5.71. The fourth-order valence-corrected chi connectivity index (χ4v) is 4.36. The molecular formula is C14H23NO4S. The quantitative estimate of drug-likeness (QED) is 0.848. The van der Waals surface area contributed by atoms with Gasteiger partial charge in [-0.05, 0) is 34.6 Å². The zero-order valence-corrected chi connectivity index (χ0v) is 13.5. The Morgan fingerprint density at radius 1 is 1.30 bits per heavy atom. The minimum Gasteiger partial charge on any atom is -0.465 e. The van der Waals surface area contributed by atoms with E-state index in [9.17, 15) is 13.5 Å². The Labute approximate surface area is 121 Å². The fraction of sp³-hybridized carbons (Fsp3) is 0.571. The number of furan rings is 1. The highest BCUT2D eigenvalue weighted by molar-refractivity contribution is 7.89. The van der Waals surface area contributed by atoms with Crippen LogP contribution in [-0.2, 0) is 16.6 Å². The Morgan fingerprint density at radius 2 is 1.85 bits per heavy atom. The van der Waals surface area contributed by atoms with E-state index in [1.54, 1.807) is 19.9 Å². The average molecular weight is 301 g/mol. The molecular weight excluding hydrogens is 278 g/mol. The van der Waals surface area contributed by atoms with Gasteiger partial charge in [-0.3, -0.25) is 0 Å². The summed E-state index contributed by atoms with van der Waals surface area (Å²) in [6.45, 7) is 12.1. The van der Waals surface area contributed by atoms with Gasteiger partial charge in [-0.2, -0.15) is 4.31 Å². The summed E-state index contributed by atoms with van der Waals surface area (Å²) in [5.74, 6) is 0.723. The van der Waals surface area contributed by atoms with Crippen LogP contribution in [0.5, 0.6) is 0 Å². The molecule has 0 unspecified atom stereocenters. The largest absolute Gasteiger partial charge is 0.465 e. The number of nitrogens with zero attached hydrogens (tertiary/aromatic N) is 1. The zero-order chi connectivity index (χ0) is 15.7. The molecule has 0 atom stereocenters. The van der Waals surface area contributed by atoms with Crippen LogP contribution in [0.2, 0.25) is 0 Å². The van der Waals surface area contributed by atoms with Crippen LogP contribution in [0.4, 0.5) is 0 Å². The van der Waals surface area contributed by atoms with Crippen molar-refractivity contribution in [1.29, 1.82) is 0 Å². The summed E-state index contributed by atoms with van der Waals surface area (Å²) in [6, 6.07) is 0. The first kappa shape index (κ1) is 16.9. The van der Waals surface area contributed by atoms with Crippen LogP contribution in [0.15, 0.2) is 22.0 Å². The van der Waals surface area contributed by atoms with Crippen molar-refractivity contribution in [2.75, 3.05) is 6.54 Å². The summed E-state index contributed by atoms with van der Waals surface area (Å²) >= 11 is 0. The topological polar surface area (TPSA) is 70.8 Å². The second-order valence-corrected chi connectivity index (χ2v) is 7.48. The van der Waals surface area contributed by atoms with Gasteiger partial charge in [-0.1, -0.05) is 6.08 Å². The van der Waals surface area contributed by atoms with Crippen LogP contribution < -0.4 is 0 Å². The van der Waals surface area contributed by atoms with E-state index >= 15 is 0 Å². The minimum atomic E-state index is -3.77. The van der Waals surface area contributed by atoms with Crippen LogP contribution in [0.1, 0.15) is 37.9 Å². The summed E-state index contributed by atoms with van der Waals surface area (Å²) in [6.07, 6.45) is 1.55. The molecule has 0 aromatic carbocycles. The van der Waals surface area contributed by atoms with E-state index in [1.807, 2.05) is 20.8 Å². The van der Waals surface area contributed by atoms with Gasteiger partial charge in [0.15, 0.2) is 0 Å². The zero-order valence-electron chi connectivity index (χ0n) is 12.7. The number of aliphatic hydroxyl groups is 1. The Hall–Kier alpha value is -1.11. The highest BCUT2D eigenvalue weighted by Crippen LogP contribution is 2.32. The van der Waals surface area contributed by atoms with Crippen molar-refractivity contribution in [3.63, 3.8) is 0 Å². The van der Waals surface area contributed by atoms with Gasteiger partial charge in [0.2, 0.25) is 10.0 Å². The molecule has 0 amide bonds. The number of hydrogen-bond acceptors (Lipinski definition) is 4. The molecule has 1 heterocycles. The number of sulfonamides is 1. The molecule has 0 bridgehead atoms. The maximum Gasteiger partial charge on any atom is 0.247 e. The van der Waals surface area contributed by atoms with Gasteiger partial charge < -0.3 is 9.52 Å². The van der Waals surface area contributed by atoms with Crippen molar-refractivity contribution in [3.05, 3.63) is 29.7 Å². The van der Waals surface area contributed by atoms with Gasteiger partial charge in [-0.15, -0.1) is 6.58 Å². The molecule has 0 aliphatic carbocycles. The van der Waals surface area contributed by atoms with E-state index in [4.69, 9.17) is 4.42 Å². The van der Waals surface area contributed by atoms with Crippen molar-refractivity contribution in [2.45, 2.75) is 51.7 Å². The molecule has 114 valence electrons. The Morgan fingerprint density at radius 3 is 2.25 bits per heavy atom. The van der Waals surface area contributed by atoms with Crippen LogP contribution in [0, 0.1) is 13.8 Å². The predicted octanol–water partition coefficient (Wildman–Crippen LogP) is 2.36. The maximum atomic E-state index is 12.9. The van der Waals surface area contributed by atoms with Crippen LogP contribution in [0.3, 0.4) is 0 Å². The van der Waals surface area contributed by atoms with Crippen LogP contribution in [0.25, 0.3) is 0 Å². The van der Waals surface area contributed by atoms with Crippen molar-refractivity contribution in [3.8, 4) is 0 Å². The molecule has 0 saturated heterocycles. The molecule has 0 saturated carbocycles. The van der Waals surface area contributed by atoms with Crippen molar-refractivity contribution < 1.29 is 17.9 Å². The lowest BCUT2D eigenvalue weighted by atomic mass is 10.1. The van der Waals surface area contributed by atoms with E-state index in [2.05, 4.69) is 6.58 Å². The summed E-state index contributed by atoms with van der Waals surface area (Å²) in [5.41, 5.74) is -0.280. The smallest absolute Gasteiger partial charge is 0.247 e. The summed E-state index contributed by atoms with van der Waals surface area (Å²) in [5, 5.41) is 9.43. The number of rotatable bonds is 5. The lowest BCUT2D eigenvalue weighted by Gasteiger charge is -2.33. The lowest BCUT2D eigenvalue weighted by molar-refractivity contribution is 0.264. The molecule has 5 nitrogen and oxygen atoms in total.